The van der Waals surface area contributed by atoms with Gasteiger partial charge >= 0.3 is 11.9 Å². The summed E-state index contributed by atoms with van der Waals surface area (Å²) in [7, 11) is 0. The number of rotatable bonds is 11. The van der Waals surface area contributed by atoms with Crippen LogP contribution in [0.4, 0.5) is 0 Å². The third kappa shape index (κ3) is 7.69. The van der Waals surface area contributed by atoms with Crippen molar-refractivity contribution >= 4 is 11.9 Å². The molecule has 4 atom stereocenters. The molecule has 48 heavy (non-hydrogen) atoms. The van der Waals surface area contributed by atoms with E-state index in [4.69, 9.17) is 38.6 Å². The molecule has 0 radical (unpaired) electrons. The maximum atomic E-state index is 11.2. The zero-order chi connectivity index (χ0) is 34.1. The van der Waals surface area contributed by atoms with E-state index < -0.39 is 47.9 Å². The Morgan fingerprint density at radius 3 is 1.10 bits per heavy atom. The molecule has 2 aliphatic rings. The van der Waals surface area contributed by atoms with Crippen LogP contribution >= 0.6 is 0 Å². The van der Waals surface area contributed by atoms with Gasteiger partial charge in [0.05, 0.1) is 11.1 Å². The Hall–Kier alpha value is -4.74. The Morgan fingerprint density at radius 2 is 0.812 bits per heavy atom. The van der Waals surface area contributed by atoms with Crippen LogP contribution in [0.15, 0.2) is 97.1 Å². The van der Waals surface area contributed by atoms with Crippen molar-refractivity contribution in [2.45, 2.75) is 63.7 Å². The van der Waals surface area contributed by atoms with E-state index in [9.17, 15) is 9.59 Å². The Kier molecular flexibility index (Phi) is 9.26. The van der Waals surface area contributed by atoms with Crippen molar-refractivity contribution in [3.8, 4) is 33.8 Å². The van der Waals surface area contributed by atoms with Gasteiger partial charge in [-0.3, -0.25) is 0 Å². The van der Waals surface area contributed by atoms with E-state index in [-0.39, 0.29) is 24.3 Å². The Labute approximate surface area is 278 Å². The standard InChI is InChI=1S/C38H38O10/c1-37(2)45-31(21-43-29-17-13-25(14-18-29)23-5-9-27(10-6-23)35(39)40)33(47-37)34-32(46-38(3,4)48-34)22-44-30-19-15-26(16-20-30)24-7-11-28(12-8-24)36(41)42/h5-20,31-34H,21-22H2,1-4H3,(H,39,40)(H,41,42)/t31-,32+,33+,34-. The van der Waals surface area contributed by atoms with Gasteiger partial charge in [-0.15, -0.1) is 0 Å². The first-order chi connectivity index (χ1) is 22.9. The number of benzene rings is 4. The van der Waals surface area contributed by atoms with E-state index in [1.807, 2.05) is 76.2 Å². The fourth-order valence-corrected chi connectivity index (χ4v) is 6.00. The smallest absolute Gasteiger partial charge is 0.335 e. The van der Waals surface area contributed by atoms with Gasteiger partial charge in [-0.05, 0) is 98.5 Å². The number of hydrogen-bond donors (Lipinski definition) is 2. The fraction of sp³-hybridized carbons (Fsp3) is 0.316. The first kappa shape index (κ1) is 33.2. The zero-order valence-corrected chi connectivity index (χ0v) is 27.1. The Morgan fingerprint density at radius 1 is 0.521 bits per heavy atom. The average molecular weight is 655 g/mol. The molecule has 4 aromatic rings. The highest BCUT2D eigenvalue weighted by Gasteiger charge is 2.54. The number of carbonyl (C=O) groups is 2. The van der Waals surface area contributed by atoms with Gasteiger partial charge < -0.3 is 38.6 Å². The molecule has 0 bridgehead atoms. The van der Waals surface area contributed by atoms with Gasteiger partial charge in [-0.25, -0.2) is 9.59 Å². The molecule has 0 saturated carbocycles. The van der Waals surface area contributed by atoms with E-state index in [1.165, 1.54) is 0 Å². The summed E-state index contributed by atoms with van der Waals surface area (Å²) in [6.45, 7) is 7.84. The number of carboxylic acids is 2. The van der Waals surface area contributed by atoms with Crippen LogP contribution in [0.1, 0.15) is 48.4 Å². The average Bonchev–Trinajstić information content (AvgIpc) is 3.56. The van der Waals surface area contributed by atoms with Crippen LogP contribution < -0.4 is 9.47 Å². The first-order valence-corrected chi connectivity index (χ1v) is 15.7. The van der Waals surface area contributed by atoms with Gasteiger partial charge in [-0.2, -0.15) is 0 Å². The molecule has 2 saturated heterocycles. The number of ether oxygens (including phenoxy) is 6. The minimum absolute atomic E-state index is 0.212. The van der Waals surface area contributed by atoms with Crippen LogP contribution in [0.25, 0.3) is 22.3 Å². The number of aromatic carboxylic acids is 2. The van der Waals surface area contributed by atoms with E-state index in [0.717, 1.165) is 22.3 Å². The summed E-state index contributed by atoms with van der Waals surface area (Å²) in [6, 6.07) is 28.6. The van der Waals surface area contributed by atoms with Gasteiger partial charge in [-0.1, -0.05) is 48.5 Å². The van der Waals surface area contributed by atoms with Crippen molar-refractivity contribution in [1.29, 1.82) is 0 Å². The molecule has 2 fully saturated rings. The summed E-state index contributed by atoms with van der Waals surface area (Å²) in [4.78, 5) is 22.3. The van der Waals surface area contributed by atoms with Crippen molar-refractivity contribution in [1.82, 2.24) is 0 Å². The van der Waals surface area contributed by atoms with Gasteiger partial charge in [0.1, 0.15) is 49.1 Å². The van der Waals surface area contributed by atoms with Crippen molar-refractivity contribution in [2.24, 2.45) is 0 Å². The molecule has 0 unspecified atom stereocenters. The maximum absolute atomic E-state index is 11.2. The maximum Gasteiger partial charge on any atom is 0.335 e. The van der Waals surface area contributed by atoms with Gasteiger partial charge in [0.15, 0.2) is 11.6 Å². The van der Waals surface area contributed by atoms with Gasteiger partial charge in [0.25, 0.3) is 0 Å². The SMILES string of the molecule is CC1(C)O[C@@H]([C@H]2OC(C)(C)O[C@@H]2COc2ccc(-c3ccc(C(=O)O)cc3)cc2)[C@H](COc2ccc(-c3ccc(C(=O)O)cc3)cc2)O1. The zero-order valence-electron chi connectivity index (χ0n) is 27.1. The molecule has 0 aliphatic carbocycles. The van der Waals surface area contributed by atoms with Crippen LogP contribution in [0.2, 0.25) is 0 Å². The summed E-state index contributed by atoms with van der Waals surface area (Å²) in [5.74, 6) is -2.36. The fourth-order valence-electron chi connectivity index (χ4n) is 6.00. The highest BCUT2D eigenvalue weighted by atomic mass is 16.8. The molecule has 250 valence electrons. The quantitative estimate of drug-likeness (QED) is 0.176. The van der Waals surface area contributed by atoms with E-state index in [1.54, 1.807) is 48.5 Å². The highest BCUT2D eigenvalue weighted by molar-refractivity contribution is 5.89. The lowest BCUT2D eigenvalue weighted by Crippen LogP contribution is -2.45. The molecule has 4 aromatic carbocycles. The second-order valence-electron chi connectivity index (χ2n) is 12.7. The lowest BCUT2D eigenvalue weighted by molar-refractivity contribution is -0.175. The molecule has 0 spiro atoms. The highest BCUT2D eigenvalue weighted by Crippen LogP contribution is 2.39. The molecular formula is C38H38O10. The molecular weight excluding hydrogens is 616 g/mol. The normalized spacial score (nSPS) is 22.7. The number of carboxylic acid groups (broad SMARTS) is 2. The summed E-state index contributed by atoms with van der Waals surface area (Å²) in [5, 5.41) is 18.3. The van der Waals surface area contributed by atoms with Crippen LogP contribution in [0.5, 0.6) is 11.5 Å². The van der Waals surface area contributed by atoms with Crippen molar-refractivity contribution in [2.75, 3.05) is 13.2 Å². The van der Waals surface area contributed by atoms with Crippen LogP contribution in [-0.2, 0) is 18.9 Å². The molecule has 0 aromatic heterocycles. The van der Waals surface area contributed by atoms with Gasteiger partial charge in [0.2, 0.25) is 0 Å². The molecule has 2 heterocycles. The third-order valence-corrected chi connectivity index (χ3v) is 8.23. The molecule has 2 N–H and O–H groups in total. The van der Waals surface area contributed by atoms with E-state index in [0.29, 0.717) is 11.5 Å². The predicted octanol–water partition coefficient (Wildman–Crippen LogP) is 6.92. The summed E-state index contributed by atoms with van der Waals surface area (Å²) in [6.07, 6.45) is -1.92. The third-order valence-electron chi connectivity index (χ3n) is 8.23. The largest absolute Gasteiger partial charge is 0.491 e. The van der Waals surface area contributed by atoms with Crippen molar-refractivity contribution in [3.05, 3.63) is 108 Å². The van der Waals surface area contributed by atoms with Crippen LogP contribution in [0, 0.1) is 0 Å². The topological polar surface area (TPSA) is 130 Å². The van der Waals surface area contributed by atoms with Crippen LogP contribution in [0.3, 0.4) is 0 Å². The van der Waals surface area contributed by atoms with E-state index in [2.05, 4.69) is 0 Å². The second-order valence-corrected chi connectivity index (χ2v) is 12.7. The first-order valence-electron chi connectivity index (χ1n) is 15.7. The van der Waals surface area contributed by atoms with Crippen LogP contribution in [-0.4, -0.2) is 71.4 Å². The Bertz CT molecular complexity index is 1600. The lowest BCUT2D eigenvalue weighted by atomic mass is 10.0. The van der Waals surface area contributed by atoms with Crippen molar-refractivity contribution < 1.29 is 48.2 Å². The minimum atomic E-state index is -0.961. The minimum Gasteiger partial charge on any atom is -0.491 e. The molecule has 0 amide bonds. The molecule has 2 aliphatic heterocycles. The summed E-state index contributed by atoms with van der Waals surface area (Å²) < 4.78 is 37.6. The molecule has 10 nitrogen and oxygen atoms in total. The summed E-state index contributed by atoms with van der Waals surface area (Å²) >= 11 is 0. The lowest BCUT2D eigenvalue weighted by Gasteiger charge is -2.26. The number of hydrogen-bond acceptors (Lipinski definition) is 8. The molecule has 6 rings (SSSR count). The van der Waals surface area contributed by atoms with Crippen molar-refractivity contribution in [3.63, 3.8) is 0 Å². The van der Waals surface area contributed by atoms with Gasteiger partial charge in [0, 0.05) is 0 Å². The second kappa shape index (κ2) is 13.4. The van der Waals surface area contributed by atoms with E-state index >= 15 is 0 Å². The molecule has 10 heteroatoms. The predicted molar refractivity (Wildman–Crippen MR) is 176 cm³/mol. The summed E-state index contributed by atoms with van der Waals surface area (Å²) in [5.41, 5.74) is 4.15. The monoisotopic (exact) mass is 654 g/mol. The Balaban J connectivity index is 1.09.